The van der Waals surface area contributed by atoms with Gasteiger partial charge in [0.05, 0.1) is 11.6 Å². The highest BCUT2D eigenvalue weighted by molar-refractivity contribution is 5.99. The third kappa shape index (κ3) is 3.73. The molecule has 1 aromatic heterocycles. The summed E-state index contributed by atoms with van der Waals surface area (Å²) in [6, 6.07) is 0.466. The van der Waals surface area contributed by atoms with Crippen molar-refractivity contribution >= 4 is 11.8 Å². The number of aromatic nitrogens is 1. The minimum absolute atomic E-state index is 0.231. The zero-order chi connectivity index (χ0) is 24.8. The summed E-state index contributed by atoms with van der Waals surface area (Å²) in [6.07, 6.45) is 3.03. The van der Waals surface area contributed by atoms with Gasteiger partial charge in [-0.1, -0.05) is 6.92 Å². The van der Waals surface area contributed by atoms with Gasteiger partial charge < -0.3 is 24.6 Å². The van der Waals surface area contributed by atoms with Gasteiger partial charge in [-0.15, -0.1) is 0 Å². The molecule has 0 spiro atoms. The van der Waals surface area contributed by atoms with Crippen molar-refractivity contribution in [3.05, 3.63) is 62.8 Å². The van der Waals surface area contributed by atoms with Crippen molar-refractivity contribution in [1.29, 1.82) is 0 Å². The average Bonchev–Trinajstić information content (AvgIpc) is 2.97. The number of nitrogens with zero attached hydrogens (tertiary/aromatic N) is 2. The molecule has 34 heavy (non-hydrogen) atoms. The Morgan fingerprint density at radius 2 is 1.94 bits per heavy atom. The molecule has 2 amide bonds. The molecule has 1 aromatic carbocycles. The fourth-order valence-corrected chi connectivity index (χ4v) is 4.92. The summed E-state index contributed by atoms with van der Waals surface area (Å²) in [5, 5.41) is 12.9. The van der Waals surface area contributed by atoms with E-state index >= 15 is 0 Å². The SMILES string of the molecule is CCC1(OC)CCCN2CC1n1cc(C(=O)NCc3c(F)cc(F)cc3F)c(=O)c(O)c1C2=O. The number of hydrogen-bond acceptors (Lipinski definition) is 5. The zero-order valence-electron chi connectivity index (χ0n) is 18.7. The molecule has 2 aliphatic heterocycles. The number of carbonyl (C=O) groups excluding carboxylic acids is 2. The van der Waals surface area contributed by atoms with Crippen molar-refractivity contribution in [3.8, 4) is 5.75 Å². The molecule has 2 atom stereocenters. The van der Waals surface area contributed by atoms with Gasteiger partial charge in [0.15, 0.2) is 11.4 Å². The van der Waals surface area contributed by atoms with Gasteiger partial charge in [-0.05, 0) is 19.3 Å². The van der Waals surface area contributed by atoms with Crippen LogP contribution in [0.2, 0.25) is 0 Å². The largest absolute Gasteiger partial charge is 0.503 e. The van der Waals surface area contributed by atoms with Crippen molar-refractivity contribution in [1.82, 2.24) is 14.8 Å². The summed E-state index contributed by atoms with van der Waals surface area (Å²) in [4.78, 5) is 40.1. The Kier molecular flexibility index (Phi) is 6.15. The number of benzene rings is 1. The van der Waals surface area contributed by atoms with Crippen LogP contribution >= 0.6 is 0 Å². The number of pyridine rings is 1. The molecule has 2 aliphatic rings. The lowest BCUT2D eigenvalue weighted by atomic mass is 9.85. The molecule has 0 saturated carbocycles. The van der Waals surface area contributed by atoms with Crippen molar-refractivity contribution in [2.75, 3.05) is 20.2 Å². The van der Waals surface area contributed by atoms with Gasteiger partial charge in [0.25, 0.3) is 11.8 Å². The number of hydrogen-bond donors (Lipinski definition) is 2. The van der Waals surface area contributed by atoms with Crippen LogP contribution in [0.15, 0.2) is 23.1 Å². The average molecular weight is 479 g/mol. The first kappa shape index (κ1) is 23.8. The Bertz CT molecular complexity index is 1200. The van der Waals surface area contributed by atoms with E-state index in [1.54, 1.807) is 12.0 Å². The number of amides is 2. The van der Waals surface area contributed by atoms with E-state index in [2.05, 4.69) is 5.32 Å². The van der Waals surface area contributed by atoms with Crippen molar-refractivity contribution in [2.45, 2.75) is 44.4 Å². The van der Waals surface area contributed by atoms with Crippen LogP contribution in [-0.2, 0) is 11.3 Å². The second-order valence-electron chi connectivity index (χ2n) is 8.50. The van der Waals surface area contributed by atoms with Crippen LogP contribution in [0.1, 0.15) is 58.6 Å². The molecule has 2 unspecified atom stereocenters. The molecule has 2 aromatic rings. The second kappa shape index (κ2) is 8.79. The van der Waals surface area contributed by atoms with E-state index in [9.17, 15) is 32.7 Å². The van der Waals surface area contributed by atoms with E-state index in [-0.39, 0.29) is 12.2 Å². The lowest BCUT2D eigenvalue weighted by molar-refractivity contribution is -0.0635. The number of ether oxygens (including phenoxy) is 1. The van der Waals surface area contributed by atoms with E-state index in [1.165, 1.54) is 10.8 Å². The van der Waals surface area contributed by atoms with Gasteiger partial charge >= 0.3 is 0 Å². The van der Waals surface area contributed by atoms with Gasteiger partial charge in [-0.25, -0.2) is 13.2 Å². The lowest BCUT2D eigenvalue weighted by Gasteiger charge is -2.43. The van der Waals surface area contributed by atoms with Crippen molar-refractivity contribution < 1.29 is 32.6 Å². The smallest absolute Gasteiger partial charge is 0.274 e. The first-order valence-electron chi connectivity index (χ1n) is 10.9. The molecular formula is C23H24F3N3O5. The number of carbonyl (C=O) groups is 2. The third-order valence-electron chi connectivity index (χ3n) is 6.85. The van der Waals surface area contributed by atoms with Gasteiger partial charge in [-0.2, -0.15) is 0 Å². The summed E-state index contributed by atoms with van der Waals surface area (Å²) in [5.74, 6) is -5.92. The molecule has 4 rings (SSSR count). The number of methoxy groups -OCH3 is 1. The highest BCUT2D eigenvalue weighted by atomic mass is 19.1. The summed E-state index contributed by atoms with van der Waals surface area (Å²) in [6.45, 7) is 1.97. The van der Waals surface area contributed by atoms with Gasteiger partial charge in [0, 0.05) is 50.6 Å². The molecule has 0 aliphatic carbocycles. The molecule has 8 nitrogen and oxygen atoms in total. The first-order valence-corrected chi connectivity index (χ1v) is 10.9. The minimum atomic E-state index is -1.19. The predicted octanol–water partition coefficient (Wildman–Crippen LogP) is 2.49. The third-order valence-corrected chi connectivity index (χ3v) is 6.85. The topological polar surface area (TPSA) is 101 Å². The molecule has 2 N–H and O–H groups in total. The number of fused-ring (bicyclic) bond motifs is 4. The quantitative estimate of drug-likeness (QED) is 0.687. The maximum absolute atomic E-state index is 13.9. The molecule has 11 heteroatoms. The fourth-order valence-electron chi connectivity index (χ4n) is 4.92. The number of halogens is 3. The second-order valence-corrected chi connectivity index (χ2v) is 8.50. The number of aromatic hydroxyl groups is 1. The van der Waals surface area contributed by atoms with Crippen LogP contribution in [0.4, 0.5) is 13.2 Å². The Morgan fingerprint density at radius 3 is 2.56 bits per heavy atom. The minimum Gasteiger partial charge on any atom is -0.503 e. The zero-order valence-corrected chi connectivity index (χ0v) is 18.7. The standard InChI is InChI=1S/C23H24F3N3O5/c1-3-23(34-2)5-4-6-28-11-17(23)29-10-14(19(30)20(31)18(29)22(28)33)21(32)27-9-13-15(25)7-12(24)8-16(13)26/h7-8,10,17,31H,3-6,9,11H2,1-2H3,(H,27,32). The number of rotatable bonds is 5. The van der Waals surface area contributed by atoms with Crippen LogP contribution in [0.25, 0.3) is 0 Å². The predicted molar refractivity (Wildman–Crippen MR) is 114 cm³/mol. The molecule has 1 saturated heterocycles. The Labute approximate surface area is 192 Å². The van der Waals surface area contributed by atoms with E-state index in [0.29, 0.717) is 37.9 Å². The highest BCUT2D eigenvalue weighted by Crippen LogP contribution is 2.41. The molecule has 3 heterocycles. The Morgan fingerprint density at radius 1 is 1.26 bits per heavy atom. The summed E-state index contributed by atoms with van der Waals surface area (Å²) in [7, 11) is 1.55. The van der Waals surface area contributed by atoms with E-state index in [1.807, 2.05) is 6.92 Å². The van der Waals surface area contributed by atoms with Gasteiger partial charge in [0.2, 0.25) is 5.43 Å². The van der Waals surface area contributed by atoms with Crippen LogP contribution in [0.5, 0.6) is 5.75 Å². The van der Waals surface area contributed by atoms with E-state index in [0.717, 1.165) is 0 Å². The maximum Gasteiger partial charge on any atom is 0.274 e. The first-order chi connectivity index (χ1) is 16.1. The fraction of sp³-hybridized carbons (Fsp3) is 0.435. The lowest BCUT2D eigenvalue weighted by Crippen LogP contribution is -2.51. The Balaban J connectivity index is 1.75. The van der Waals surface area contributed by atoms with Crippen LogP contribution in [-0.4, -0.2) is 52.2 Å². The monoisotopic (exact) mass is 479 g/mol. The van der Waals surface area contributed by atoms with E-state index < -0.39 is 69.8 Å². The van der Waals surface area contributed by atoms with Crippen molar-refractivity contribution in [3.63, 3.8) is 0 Å². The highest BCUT2D eigenvalue weighted by Gasteiger charge is 2.47. The van der Waals surface area contributed by atoms with Gasteiger partial charge in [-0.3, -0.25) is 14.4 Å². The maximum atomic E-state index is 13.9. The molecule has 2 bridgehead atoms. The molecular weight excluding hydrogens is 455 g/mol. The van der Waals surface area contributed by atoms with Crippen molar-refractivity contribution in [2.24, 2.45) is 0 Å². The molecule has 0 radical (unpaired) electrons. The molecule has 182 valence electrons. The van der Waals surface area contributed by atoms with Gasteiger partial charge in [0.1, 0.15) is 23.0 Å². The summed E-state index contributed by atoms with van der Waals surface area (Å²) in [5.41, 5.74) is -3.12. The summed E-state index contributed by atoms with van der Waals surface area (Å²) >= 11 is 0. The van der Waals surface area contributed by atoms with Crippen LogP contribution < -0.4 is 10.7 Å². The molecule has 1 fully saturated rings. The van der Waals surface area contributed by atoms with Crippen LogP contribution in [0.3, 0.4) is 0 Å². The van der Waals surface area contributed by atoms with Crippen LogP contribution in [0, 0.1) is 17.5 Å². The number of nitrogens with one attached hydrogen (secondary N) is 1. The van der Waals surface area contributed by atoms with E-state index in [4.69, 9.17) is 4.74 Å². The Hall–Kier alpha value is -3.34. The summed E-state index contributed by atoms with van der Waals surface area (Å²) < 4.78 is 48.3. The normalized spacial score (nSPS) is 21.7.